The fourth-order valence-electron chi connectivity index (χ4n) is 2.38. The second-order valence-corrected chi connectivity index (χ2v) is 6.70. The molecule has 0 bridgehead atoms. The molecule has 130 valence electrons. The Balaban J connectivity index is 1.91. The molecule has 0 aliphatic carbocycles. The summed E-state index contributed by atoms with van der Waals surface area (Å²) in [5, 5.41) is 6.08. The Kier molecular flexibility index (Phi) is 5.21. The first-order valence-corrected chi connectivity index (χ1v) is 8.70. The summed E-state index contributed by atoms with van der Waals surface area (Å²) >= 11 is 7.35. The molecule has 0 aliphatic heterocycles. The van der Waals surface area contributed by atoms with Gasteiger partial charge in [0.2, 0.25) is 0 Å². The van der Waals surface area contributed by atoms with Crippen LogP contribution in [0.5, 0.6) is 0 Å². The number of para-hydroxylation sites is 1. The maximum absolute atomic E-state index is 13.4. The number of nitrogens with one attached hydrogen (secondary N) is 2. The van der Waals surface area contributed by atoms with E-state index >= 15 is 0 Å². The van der Waals surface area contributed by atoms with Gasteiger partial charge in [-0.15, -0.1) is 17.8 Å². The minimum atomic E-state index is -0.478. The van der Waals surface area contributed by atoms with Crippen molar-refractivity contribution in [3.8, 4) is 12.3 Å². The molecular formula is C19H12ClFN2O2S. The highest BCUT2D eigenvalue weighted by Gasteiger charge is 2.19. The largest absolute Gasteiger partial charge is 0.341 e. The van der Waals surface area contributed by atoms with Crippen molar-refractivity contribution in [2.45, 2.75) is 0 Å². The maximum Gasteiger partial charge on any atom is 0.267 e. The van der Waals surface area contributed by atoms with Gasteiger partial charge >= 0.3 is 0 Å². The quantitative estimate of drug-likeness (QED) is 0.656. The molecule has 0 spiro atoms. The lowest BCUT2D eigenvalue weighted by molar-refractivity contribution is 0.0959. The second kappa shape index (κ2) is 7.56. The molecule has 0 saturated heterocycles. The van der Waals surface area contributed by atoms with E-state index in [9.17, 15) is 14.0 Å². The van der Waals surface area contributed by atoms with Crippen LogP contribution < -0.4 is 10.6 Å². The molecule has 0 radical (unpaired) electrons. The molecule has 0 aliphatic rings. The number of anilines is 1. The number of amides is 2. The van der Waals surface area contributed by atoms with Gasteiger partial charge in [-0.1, -0.05) is 29.7 Å². The summed E-state index contributed by atoms with van der Waals surface area (Å²) in [6.45, 7) is 0.0782. The molecule has 2 aromatic carbocycles. The molecule has 26 heavy (non-hydrogen) atoms. The third-order valence-electron chi connectivity index (χ3n) is 3.57. The average molecular weight is 387 g/mol. The van der Waals surface area contributed by atoms with Gasteiger partial charge < -0.3 is 10.6 Å². The van der Waals surface area contributed by atoms with Gasteiger partial charge in [-0.25, -0.2) is 4.39 Å². The molecule has 0 atom stereocenters. The number of hydrogen-bond donors (Lipinski definition) is 2. The Bertz CT molecular complexity index is 1060. The summed E-state index contributed by atoms with van der Waals surface area (Å²) < 4.78 is 13.9. The van der Waals surface area contributed by atoms with Crippen molar-refractivity contribution in [1.82, 2.24) is 5.32 Å². The SMILES string of the molecule is C#CCNC(=O)c1ccccc1NC(=O)c1sc2cc(F)ccc2c1Cl. The fraction of sp³-hybridized carbons (Fsp3) is 0.0526. The predicted molar refractivity (Wildman–Crippen MR) is 102 cm³/mol. The van der Waals surface area contributed by atoms with Crippen molar-refractivity contribution < 1.29 is 14.0 Å². The molecule has 0 saturated carbocycles. The zero-order valence-electron chi connectivity index (χ0n) is 13.3. The third kappa shape index (κ3) is 3.54. The summed E-state index contributed by atoms with van der Waals surface area (Å²) in [7, 11) is 0. The molecule has 0 fully saturated rings. The number of carbonyl (C=O) groups is 2. The van der Waals surface area contributed by atoms with Crippen LogP contribution >= 0.6 is 22.9 Å². The minimum absolute atomic E-state index is 0.0782. The Hall–Kier alpha value is -2.88. The lowest BCUT2D eigenvalue weighted by Crippen LogP contribution is -2.25. The average Bonchev–Trinajstić information content (AvgIpc) is 2.96. The number of fused-ring (bicyclic) bond motifs is 1. The van der Waals surface area contributed by atoms with E-state index in [4.69, 9.17) is 18.0 Å². The fourth-order valence-corrected chi connectivity index (χ4v) is 3.82. The van der Waals surface area contributed by atoms with Gasteiger partial charge in [-0.05, 0) is 30.3 Å². The Labute approximate surface area is 158 Å². The summed E-state index contributed by atoms with van der Waals surface area (Å²) in [5.41, 5.74) is 0.603. The van der Waals surface area contributed by atoms with Crippen LogP contribution in [0.1, 0.15) is 20.0 Å². The zero-order chi connectivity index (χ0) is 18.7. The lowest BCUT2D eigenvalue weighted by atomic mass is 10.1. The first-order chi connectivity index (χ1) is 12.5. The van der Waals surface area contributed by atoms with Crippen molar-refractivity contribution in [3.63, 3.8) is 0 Å². The highest BCUT2D eigenvalue weighted by Crippen LogP contribution is 2.36. The second-order valence-electron chi connectivity index (χ2n) is 5.27. The molecule has 3 rings (SSSR count). The molecule has 4 nitrogen and oxygen atoms in total. The predicted octanol–water partition coefficient (Wildman–Crippen LogP) is 4.31. The van der Waals surface area contributed by atoms with E-state index in [1.54, 1.807) is 24.3 Å². The number of hydrogen-bond acceptors (Lipinski definition) is 3. The number of rotatable bonds is 4. The molecule has 7 heteroatoms. The summed E-state index contributed by atoms with van der Waals surface area (Å²) in [4.78, 5) is 25.0. The van der Waals surface area contributed by atoms with Gasteiger partial charge in [-0.3, -0.25) is 9.59 Å². The highest BCUT2D eigenvalue weighted by molar-refractivity contribution is 7.21. The minimum Gasteiger partial charge on any atom is -0.341 e. The smallest absolute Gasteiger partial charge is 0.267 e. The van der Waals surface area contributed by atoms with Crippen molar-refractivity contribution in [1.29, 1.82) is 0 Å². The van der Waals surface area contributed by atoms with Crippen LogP contribution in [-0.4, -0.2) is 18.4 Å². The first kappa shape index (κ1) is 17.9. The molecule has 0 unspecified atom stereocenters. The Morgan fingerprint density at radius 3 is 2.73 bits per heavy atom. The first-order valence-electron chi connectivity index (χ1n) is 7.51. The van der Waals surface area contributed by atoms with Gasteiger partial charge in [0.15, 0.2) is 0 Å². The molecule has 3 aromatic rings. The Morgan fingerprint density at radius 1 is 1.19 bits per heavy atom. The van der Waals surface area contributed by atoms with Gasteiger partial charge in [0, 0.05) is 10.1 Å². The van der Waals surface area contributed by atoms with E-state index in [0.717, 1.165) is 11.3 Å². The van der Waals surface area contributed by atoms with E-state index in [-0.39, 0.29) is 22.0 Å². The molecule has 2 N–H and O–H groups in total. The van der Waals surface area contributed by atoms with Crippen LogP contribution in [0, 0.1) is 18.2 Å². The van der Waals surface area contributed by atoms with Crippen LogP contribution in [0.4, 0.5) is 10.1 Å². The number of terminal acetylenes is 1. The Morgan fingerprint density at radius 2 is 1.96 bits per heavy atom. The maximum atomic E-state index is 13.4. The van der Waals surface area contributed by atoms with Crippen molar-refractivity contribution in [2.75, 3.05) is 11.9 Å². The van der Waals surface area contributed by atoms with E-state index in [0.29, 0.717) is 15.8 Å². The van der Waals surface area contributed by atoms with Crippen LogP contribution in [0.25, 0.3) is 10.1 Å². The van der Waals surface area contributed by atoms with Crippen LogP contribution in [0.3, 0.4) is 0 Å². The summed E-state index contributed by atoms with van der Waals surface area (Å²) in [6.07, 6.45) is 5.14. The van der Waals surface area contributed by atoms with E-state index in [2.05, 4.69) is 16.6 Å². The van der Waals surface area contributed by atoms with Gasteiger partial charge in [0.1, 0.15) is 10.7 Å². The van der Waals surface area contributed by atoms with Crippen LogP contribution in [0.15, 0.2) is 42.5 Å². The topological polar surface area (TPSA) is 58.2 Å². The van der Waals surface area contributed by atoms with Crippen molar-refractivity contribution >= 4 is 50.5 Å². The van der Waals surface area contributed by atoms with E-state index in [1.165, 1.54) is 18.2 Å². The normalized spacial score (nSPS) is 10.3. The standard InChI is InChI=1S/C19H12ClFN2O2S/c1-2-9-22-18(24)12-5-3-4-6-14(12)23-19(25)17-16(20)13-8-7-11(21)10-15(13)26-17/h1,3-8,10H,9H2,(H,22,24)(H,23,25). The van der Waals surface area contributed by atoms with E-state index in [1.807, 2.05) is 0 Å². The number of thiophene rings is 1. The number of carbonyl (C=O) groups excluding carboxylic acids is 2. The van der Waals surface area contributed by atoms with Gasteiger partial charge in [0.05, 0.1) is 22.8 Å². The zero-order valence-corrected chi connectivity index (χ0v) is 14.9. The summed E-state index contributed by atoms with van der Waals surface area (Å²) in [5.74, 6) is 1.03. The third-order valence-corrected chi connectivity index (χ3v) is 5.22. The van der Waals surface area contributed by atoms with Crippen LogP contribution in [-0.2, 0) is 0 Å². The molecule has 1 aromatic heterocycles. The van der Waals surface area contributed by atoms with Crippen molar-refractivity contribution in [2.24, 2.45) is 0 Å². The number of halogens is 2. The van der Waals surface area contributed by atoms with Gasteiger partial charge in [-0.2, -0.15) is 0 Å². The van der Waals surface area contributed by atoms with Gasteiger partial charge in [0.25, 0.3) is 11.8 Å². The monoisotopic (exact) mass is 386 g/mol. The number of benzene rings is 2. The molecule has 1 heterocycles. The van der Waals surface area contributed by atoms with E-state index < -0.39 is 17.6 Å². The van der Waals surface area contributed by atoms with Crippen LogP contribution in [0.2, 0.25) is 5.02 Å². The van der Waals surface area contributed by atoms with Crippen molar-refractivity contribution in [3.05, 3.63) is 63.7 Å². The lowest BCUT2D eigenvalue weighted by Gasteiger charge is -2.10. The highest BCUT2D eigenvalue weighted by atomic mass is 35.5. The molecular weight excluding hydrogens is 375 g/mol. The molecule has 2 amide bonds. The summed E-state index contributed by atoms with van der Waals surface area (Å²) in [6, 6.07) is 10.7.